The van der Waals surface area contributed by atoms with Gasteiger partial charge in [-0.15, -0.1) is 0 Å². The second kappa shape index (κ2) is 13.8. The summed E-state index contributed by atoms with van der Waals surface area (Å²) in [5.41, 5.74) is 4.99. The van der Waals surface area contributed by atoms with Crippen molar-refractivity contribution in [3.05, 3.63) is 68.0 Å². The van der Waals surface area contributed by atoms with Gasteiger partial charge in [-0.05, 0) is 73.9 Å². The zero-order valence-electron chi connectivity index (χ0n) is 26.8. The highest BCUT2D eigenvalue weighted by atomic mass is 79.9. The zero-order valence-corrected chi connectivity index (χ0v) is 34.2. The molecule has 0 radical (unpaired) electrons. The third-order valence-corrected chi connectivity index (χ3v) is 13.5. The van der Waals surface area contributed by atoms with Crippen molar-refractivity contribution in [3.8, 4) is 0 Å². The van der Waals surface area contributed by atoms with E-state index in [9.17, 15) is 43.1 Å². The van der Waals surface area contributed by atoms with Gasteiger partial charge in [0.25, 0.3) is 0 Å². The van der Waals surface area contributed by atoms with E-state index in [0.717, 1.165) is 78.8 Å². The first kappa shape index (κ1) is 37.5. The fourth-order valence-electron chi connectivity index (χ4n) is 7.48. The van der Waals surface area contributed by atoms with E-state index < -0.39 is 22.8 Å². The summed E-state index contributed by atoms with van der Waals surface area (Å²) < 4.78 is 44.8. The normalized spacial score (nSPS) is 13.4. The highest BCUT2D eigenvalue weighted by Crippen LogP contribution is 2.50. The van der Waals surface area contributed by atoms with Gasteiger partial charge in [0.15, 0.2) is 0 Å². The molecule has 0 saturated carbocycles. The first-order chi connectivity index (χ1) is 23.9. The summed E-state index contributed by atoms with van der Waals surface area (Å²) in [6.45, 7) is 0.855. The molecule has 18 heteroatoms. The Labute approximate surface area is 316 Å². The number of hydrogen-bond donors (Lipinski definition) is 6. The van der Waals surface area contributed by atoms with Gasteiger partial charge >= 0.3 is 22.8 Å². The molecule has 270 valence electrons. The Morgan fingerprint density at radius 3 is 1.10 bits per heavy atom. The maximum atomic E-state index is 12.0. The molecule has 0 amide bonds. The van der Waals surface area contributed by atoms with Crippen LogP contribution in [0.15, 0.2) is 68.0 Å². The van der Waals surface area contributed by atoms with Crippen LogP contribution in [0.1, 0.15) is 19.3 Å². The lowest BCUT2D eigenvalue weighted by atomic mass is 10.0. The zero-order chi connectivity index (χ0) is 36.6. The predicted octanol–water partition coefficient (Wildman–Crippen LogP) is 9.00. The van der Waals surface area contributed by atoms with Crippen LogP contribution in [0.2, 0.25) is 0 Å². The molecule has 3 aromatic heterocycles. The molecule has 0 unspecified atom stereocenters. The minimum atomic E-state index is -4.31. The molecule has 6 N–H and O–H groups in total. The van der Waals surface area contributed by atoms with Gasteiger partial charge in [0, 0.05) is 81.9 Å². The van der Waals surface area contributed by atoms with Crippen molar-refractivity contribution in [2.45, 2.75) is 38.9 Å². The molecule has 3 heterocycles. The number of rotatable bonds is 12. The average Bonchev–Trinajstić information content (AvgIpc) is 3.60. The number of fused-ring (bicyclic) bond motifs is 12. The molecule has 12 nitrogen and oxygen atoms in total. The third-order valence-electron chi connectivity index (χ3n) is 9.28. The van der Waals surface area contributed by atoms with Crippen molar-refractivity contribution in [2.75, 3.05) is 18.5 Å². The molecule has 0 fully saturated rings. The van der Waals surface area contributed by atoms with Crippen molar-refractivity contribution in [1.29, 1.82) is 0 Å². The number of benzene rings is 4. The average molecular weight is 948 g/mol. The largest absolute Gasteiger partial charge is 0.340 e. The summed E-state index contributed by atoms with van der Waals surface area (Å²) in [4.78, 5) is 58.7. The third kappa shape index (κ3) is 7.35. The Morgan fingerprint density at radius 1 is 0.451 bits per heavy atom. The van der Waals surface area contributed by atoms with Crippen LogP contribution in [0.25, 0.3) is 65.4 Å². The summed E-state index contributed by atoms with van der Waals surface area (Å²) in [7, 11) is -12.9. The van der Waals surface area contributed by atoms with Crippen molar-refractivity contribution in [2.24, 2.45) is 0 Å². The fourth-order valence-corrected chi connectivity index (χ4v) is 10.2. The molecular formula is C33H33Br3N3O9P3. The SMILES string of the molecule is O=P(O)(O)CCCn1c2ccc(Br)cc2c2c3c4cc(Br)ccc4n(CCCP(=O)(O)O)c3c3c(c4cc(Br)ccc4n3CCCP(=O)(O)O)c21. The molecular weight excluding hydrogens is 915 g/mol. The van der Waals surface area contributed by atoms with E-state index in [1.807, 2.05) is 54.6 Å². The second-order valence-electron chi connectivity index (χ2n) is 12.8. The van der Waals surface area contributed by atoms with Crippen LogP contribution in [-0.4, -0.2) is 61.5 Å². The smallest absolute Gasteiger partial charge is 0.325 e. The molecule has 4 aromatic carbocycles. The van der Waals surface area contributed by atoms with Gasteiger partial charge in [0.05, 0.1) is 35.0 Å². The molecule has 0 spiro atoms. The van der Waals surface area contributed by atoms with Crippen molar-refractivity contribution < 1.29 is 43.1 Å². The Hall–Kier alpha value is -1.83. The van der Waals surface area contributed by atoms with Gasteiger partial charge < -0.3 is 43.1 Å². The van der Waals surface area contributed by atoms with E-state index in [-0.39, 0.29) is 50.8 Å². The summed E-state index contributed by atoms with van der Waals surface area (Å²) in [6, 6.07) is 17.7. The monoisotopic (exact) mass is 945 g/mol. The highest BCUT2D eigenvalue weighted by Gasteiger charge is 2.28. The number of nitrogens with zero attached hydrogens (tertiary/aromatic N) is 3. The summed E-state index contributed by atoms with van der Waals surface area (Å²) in [6.07, 6.45) is -0.332. The lowest BCUT2D eigenvalue weighted by molar-refractivity contribution is 0.368. The van der Waals surface area contributed by atoms with Crippen molar-refractivity contribution in [3.63, 3.8) is 0 Å². The molecule has 0 bridgehead atoms. The van der Waals surface area contributed by atoms with Crippen LogP contribution >= 0.6 is 70.6 Å². The van der Waals surface area contributed by atoms with Crippen molar-refractivity contribution >= 4 is 136 Å². The summed E-state index contributed by atoms with van der Waals surface area (Å²) >= 11 is 11.0. The van der Waals surface area contributed by atoms with Crippen LogP contribution in [0, 0.1) is 0 Å². The standard InChI is InChI=1S/C33H33Br3N3O9P3/c34-19-4-7-25-22(16-19)28-29-23-17-20(35)5-8-26(23)38(11-2-14-50(43,44)45)32(29)33-30(31(28)37(25)10-1-13-49(40,41)42)24-18-21(36)6-9-27(24)39(33)12-3-15-51(46,47)48/h4-9,16-18H,1-3,10-15H2,(H2,40,41,42)(H2,43,44,45)(H2,46,47,48). The molecule has 0 saturated heterocycles. The van der Waals surface area contributed by atoms with E-state index in [1.165, 1.54) is 0 Å². The lowest BCUT2D eigenvalue weighted by Gasteiger charge is -2.14. The molecule has 0 aliphatic rings. The molecule has 0 aliphatic carbocycles. The Bertz CT molecular complexity index is 2690. The minimum absolute atomic E-state index is 0.182. The number of hydrogen-bond acceptors (Lipinski definition) is 3. The lowest BCUT2D eigenvalue weighted by Crippen LogP contribution is -2.05. The highest BCUT2D eigenvalue weighted by molar-refractivity contribution is 9.11. The van der Waals surface area contributed by atoms with Gasteiger partial charge in [-0.1, -0.05) is 47.8 Å². The van der Waals surface area contributed by atoms with Crippen LogP contribution in [0.3, 0.4) is 0 Å². The predicted molar refractivity (Wildman–Crippen MR) is 213 cm³/mol. The van der Waals surface area contributed by atoms with Crippen molar-refractivity contribution in [1.82, 2.24) is 13.7 Å². The molecule has 0 atom stereocenters. The van der Waals surface area contributed by atoms with Gasteiger partial charge in [-0.25, -0.2) is 0 Å². The van der Waals surface area contributed by atoms with E-state index >= 15 is 0 Å². The number of aromatic nitrogens is 3. The van der Waals surface area contributed by atoms with Crippen LogP contribution in [0.4, 0.5) is 0 Å². The second-order valence-corrected chi connectivity index (χ2v) is 20.9. The molecule has 0 aliphatic heterocycles. The van der Waals surface area contributed by atoms with Gasteiger partial charge in [-0.2, -0.15) is 0 Å². The molecule has 7 rings (SSSR count). The Kier molecular flexibility index (Phi) is 10.1. The first-order valence-electron chi connectivity index (χ1n) is 16.0. The first-order valence-corrected chi connectivity index (χ1v) is 23.8. The fraction of sp³-hybridized carbons (Fsp3) is 0.273. The van der Waals surface area contributed by atoms with Gasteiger partial charge in [-0.3, -0.25) is 13.7 Å². The van der Waals surface area contributed by atoms with Gasteiger partial charge in [0.1, 0.15) is 0 Å². The van der Waals surface area contributed by atoms with Crippen LogP contribution in [0.5, 0.6) is 0 Å². The van der Waals surface area contributed by atoms with Crippen LogP contribution < -0.4 is 0 Å². The van der Waals surface area contributed by atoms with Gasteiger partial charge in [0.2, 0.25) is 0 Å². The topological polar surface area (TPSA) is 187 Å². The summed E-state index contributed by atoms with van der Waals surface area (Å²) in [5.74, 6) is 0. The molecule has 7 aromatic rings. The van der Waals surface area contributed by atoms with E-state index in [1.54, 1.807) is 0 Å². The van der Waals surface area contributed by atoms with Crippen LogP contribution in [-0.2, 0) is 33.3 Å². The maximum Gasteiger partial charge on any atom is 0.325 e. The van der Waals surface area contributed by atoms with E-state index in [2.05, 4.69) is 61.5 Å². The quantitative estimate of drug-likeness (QED) is 0.0650. The Balaban J connectivity index is 1.72. The van der Waals surface area contributed by atoms with E-state index in [0.29, 0.717) is 6.54 Å². The summed E-state index contributed by atoms with van der Waals surface area (Å²) in [5, 5.41) is 5.33. The van der Waals surface area contributed by atoms with E-state index in [4.69, 9.17) is 0 Å². The minimum Gasteiger partial charge on any atom is -0.340 e. The maximum absolute atomic E-state index is 12.0. The number of aryl methyl sites for hydroxylation is 3. The number of halogens is 3. The Morgan fingerprint density at radius 2 is 0.745 bits per heavy atom. The molecule has 51 heavy (non-hydrogen) atoms.